The molecule has 358 valence electrons. The SMILES string of the molecule is CC(C)(C)c1ccc(N2c3cc(C(C)(C)C)ccc3B3c4oc5c(c4N(c4ccc(C(C)(C)C)cc4-c4ccccc4)c4cc(N(c6ccccc6)c6ccccc6)cc2c43)C(C)(C)CCC5(C)C)cc1. The monoisotopic (exact) mass is 932 g/mol. The third kappa shape index (κ3) is 7.83. The van der Waals surface area contributed by atoms with Crippen molar-refractivity contribution >= 4 is 74.5 Å². The molecular weight excluding hydrogens is 862 g/mol. The quantitative estimate of drug-likeness (QED) is 0.155. The number of furan rings is 1. The molecule has 8 aromatic rings. The van der Waals surface area contributed by atoms with Gasteiger partial charge in [-0.2, -0.15) is 0 Å². The zero-order valence-electron chi connectivity index (χ0n) is 44.3. The van der Waals surface area contributed by atoms with Crippen LogP contribution in [0.3, 0.4) is 0 Å². The van der Waals surface area contributed by atoms with Crippen LogP contribution in [0.1, 0.15) is 131 Å². The maximum Gasteiger partial charge on any atom is 0.297 e. The van der Waals surface area contributed by atoms with Crippen LogP contribution in [0.5, 0.6) is 0 Å². The van der Waals surface area contributed by atoms with Crippen molar-refractivity contribution in [1.82, 2.24) is 0 Å². The van der Waals surface area contributed by atoms with Gasteiger partial charge in [-0.3, -0.25) is 0 Å². The van der Waals surface area contributed by atoms with Gasteiger partial charge in [0.15, 0.2) is 0 Å². The fraction of sp³-hybridized carbons (Fsp3) is 0.303. The van der Waals surface area contributed by atoms with Crippen LogP contribution >= 0.6 is 0 Å². The van der Waals surface area contributed by atoms with Gasteiger partial charge in [-0.05, 0) is 134 Å². The molecule has 1 aromatic heterocycles. The van der Waals surface area contributed by atoms with Crippen molar-refractivity contribution in [3.63, 3.8) is 0 Å². The number of fused-ring (bicyclic) bond motifs is 6. The van der Waals surface area contributed by atoms with E-state index in [1.807, 2.05) is 0 Å². The Labute approximate surface area is 424 Å². The Morgan fingerprint density at radius 2 is 0.986 bits per heavy atom. The molecule has 1 aliphatic carbocycles. The van der Waals surface area contributed by atoms with Gasteiger partial charge in [0.2, 0.25) is 0 Å². The molecule has 3 aliphatic rings. The molecule has 5 heteroatoms. The minimum Gasteiger partial charge on any atom is -0.472 e. The Kier molecular flexibility index (Phi) is 10.8. The summed E-state index contributed by atoms with van der Waals surface area (Å²) < 4.78 is 7.80. The second-order valence-electron chi connectivity index (χ2n) is 25.0. The third-order valence-electron chi connectivity index (χ3n) is 15.9. The molecule has 4 nitrogen and oxygen atoms in total. The lowest BCUT2D eigenvalue weighted by atomic mass is 9.35. The van der Waals surface area contributed by atoms with Gasteiger partial charge in [-0.25, -0.2) is 0 Å². The smallest absolute Gasteiger partial charge is 0.297 e. The van der Waals surface area contributed by atoms with Crippen molar-refractivity contribution in [1.29, 1.82) is 0 Å². The highest BCUT2D eigenvalue weighted by molar-refractivity contribution is 6.99. The fourth-order valence-corrected chi connectivity index (χ4v) is 11.6. The Morgan fingerprint density at radius 1 is 0.479 bits per heavy atom. The van der Waals surface area contributed by atoms with E-state index >= 15 is 0 Å². The molecule has 0 atom stereocenters. The molecule has 3 heterocycles. The second-order valence-corrected chi connectivity index (χ2v) is 25.0. The predicted octanol–water partition coefficient (Wildman–Crippen LogP) is 16.7. The van der Waals surface area contributed by atoms with Gasteiger partial charge in [0.05, 0.1) is 22.7 Å². The van der Waals surface area contributed by atoms with Gasteiger partial charge in [0.25, 0.3) is 6.71 Å². The highest BCUT2D eigenvalue weighted by atomic mass is 16.3. The molecule has 11 rings (SSSR count). The lowest BCUT2D eigenvalue weighted by molar-refractivity contribution is 0.282. The number of hydrogen-bond acceptors (Lipinski definition) is 4. The van der Waals surface area contributed by atoms with E-state index in [-0.39, 0.29) is 33.8 Å². The zero-order chi connectivity index (χ0) is 50.0. The van der Waals surface area contributed by atoms with Crippen molar-refractivity contribution in [2.24, 2.45) is 0 Å². The van der Waals surface area contributed by atoms with Crippen LogP contribution < -0.4 is 31.3 Å². The number of rotatable bonds is 6. The minimum atomic E-state index is -0.178. The second kappa shape index (κ2) is 16.4. The molecule has 0 saturated carbocycles. The number of anilines is 9. The first kappa shape index (κ1) is 46.7. The van der Waals surface area contributed by atoms with Gasteiger partial charge in [-0.15, -0.1) is 0 Å². The standard InChI is InChI=1S/C66H70BN3O/c1-62(2,3)44-29-33-49(34-30-44)69-54-40-46(64(7,8)9)31-35-52(54)67-58-55(69)41-50(68(47-25-19-15-20-26-47)48-27-21-16-22-28-48)42-56(58)70(59-57-60(71-61(59)67)66(12,13)38-37-65(57,10)11)53-36-32-45(63(4,5)6)39-51(53)43-23-17-14-18-24-43/h14-36,39-42H,37-38H2,1-13H3. The Balaban J connectivity index is 1.33. The summed E-state index contributed by atoms with van der Waals surface area (Å²) in [5.41, 5.74) is 21.0. The average molecular weight is 932 g/mol. The topological polar surface area (TPSA) is 22.9 Å². The van der Waals surface area contributed by atoms with E-state index in [4.69, 9.17) is 4.42 Å². The lowest BCUT2D eigenvalue weighted by Crippen LogP contribution is -2.61. The molecule has 0 radical (unpaired) electrons. The van der Waals surface area contributed by atoms with Crippen LogP contribution in [0, 0.1) is 0 Å². The van der Waals surface area contributed by atoms with E-state index in [9.17, 15) is 0 Å². The molecule has 2 aliphatic heterocycles. The van der Waals surface area contributed by atoms with Gasteiger partial charge in [0, 0.05) is 50.7 Å². The largest absolute Gasteiger partial charge is 0.472 e. The highest BCUT2D eigenvalue weighted by Gasteiger charge is 2.53. The average Bonchev–Trinajstić information content (AvgIpc) is 3.76. The van der Waals surface area contributed by atoms with E-state index in [2.05, 4.69) is 269 Å². The number of nitrogens with zero attached hydrogens (tertiary/aromatic N) is 3. The summed E-state index contributed by atoms with van der Waals surface area (Å²) in [7, 11) is 0. The summed E-state index contributed by atoms with van der Waals surface area (Å²) in [6, 6.07) is 61.7. The van der Waals surface area contributed by atoms with E-state index in [0.717, 1.165) is 64.1 Å². The number of para-hydroxylation sites is 2. The van der Waals surface area contributed by atoms with Crippen LogP contribution in [-0.4, -0.2) is 6.71 Å². The van der Waals surface area contributed by atoms with Gasteiger partial charge in [0.1, 0.15) is 5.76 Å². The summed E-state index contributed by atoms with van der Waals surface area (Å²) in [6.45, 7) is 30.4. The molecule has 0 fully saturated rings. The first-order valence-corrected chi connectivity index (χ1v) is 25.9. The van der Waals surface area contributed by atoms with Crippen molar-refractivity contribution in [2.45, 2.75) is 130 Å². The Morgan fingerprint density at radius 3 is 1.56 bits per heavy atom. The van der Waals surface area contributed by atoms with E-state index in [0.29, 0.717) is 0 Å². The van der Waals surface area contributed by atoms with Crippen molar-refractivity contribution < 1.29 is 4.42 Å². The number of hydrogen-bond donors (Lipinski definition) is 0. The van der Waals surface area contributed by atoms with Crippen LogP contribution in [0.15, 0.2) is 168 Å². The summed E-state index contributed by atoms with van der Waals surface area (Å²) >= 11 is 0. The summed E-state index contributed by atoms with van der Waals surface area (Å²) in [5.74, 6) is 1.12. The molecular formula is C66H70BN3O. The van der Waals surface area contributed by atoms with E-state index in [1.54, 1.807) is 0 Å². The van der Waals surface area contributed by atoms with Crippen LogP contribution in [0.2, 0.25) is 0 Å². The number of benzene rings is 7. The zero-order valence-corrected chi connectivity index (χ0v) is 44.3. The van der Waals surface area contributed by atoms with Crippen molar-refractivity contribution in [2.75, 3.05) is 14.7 Å². The third-order valence-corrected chi connectivity index (χ3v) is 15.9. The maximum absolute atomic E-state index is 7.80. The lowest BCUT2D eigenvalue weighted by Gasteiger charge is -2.45. The van der Waals surface area contributed by atoms with Gasteiger partial charge < -0.3 is 19.1 Å². The highest BCUT2D eigenvalue weighted by Crippen LogP contribution is 2.57. The van der Waals surface area contributed by atoms with Crippen molar-refractivity contribution in [3.05, 3.63) is 192 Å². The summed E-state index contributed by atoms with van der Waals surface area (Å²) in [6.07, 6.45) is 2.11. The predicted molar refractivity (Wildman–Crippen MR) is 304 cm³/mol. The molecule has 0 saturated heterocycles. The van der Waals surface area contributed by atoms with Gasteiger partial charge in [-0.1, -0.05) is 187 Å². The summed E-state index contributed by atoms with van der Waals surface area (Å²) in [4.78, 5) is 7.67. The summed E-state index contributed by atoms with van der Waals surface area (Å²) in [5, 5.41) is 0. The first-order valence-electron chi connectivity index (χ1n) is 25.9. The van der Waals surface area contributed by atoms with Crippen LogP contribution in [0.4, 0.5) is 51.2 Å². The molecule has 0 bridgehead atoms. The minimum absolute atomic E-state index is 0.00361. The van der Waals surface area contributed by atoms with Crippen LogP contribution in [0.25, 0.3) is 11.1 Å². The molecule has 0 unspecified atom stereocenters. The fourth-order valence-electron chi connectivity index (χ4n) is 11.6. The van der Waals surface area contributed by atoms with Gasteiger partial charge >= 0.3 is 0 Å². The molecule has 0 amide bonds. The normalized spacial score (nSPS) is 15.7. The van der Waals surface area contributed by atoms with E-state index < -0.39 is 0 Å². The van der Waals surface area contributed by atoms with Crippen LogP contribution in [-0.2, 0) is 27.1 Å². The molecule has 7 aromatic carbocycles. The Bertz CT molecular complexity index is 3270. The van der Waals surface area contributed by atoms with E-state index in [1.165, 1.54) is 55.7 Å². The first-order chi connectivity index (χ1) is 33.6. The Hall–Kier alpha value is -6.72. The molecule has 0 N–H and O–H groups in total. The molecule has 71 heavy (non-hydrogen) atoms. The van der Waals surface area contributed by atoms with Crippen molar-refractivity contribution in [3.8, 4) is 11.1 Å². The maximum atomic E-state index is 7.80. The molecule has 0 spiro atoms.